The van der Waals surface area contributed by atoms with Crippen molar-refractivity contribution in [3.8, 4) is 0 Å². The maximum atomic E-state index is 12.7. The van der Waals surface area contributed by atoms with E-state index in [2.05, 4.69) is 9.88 Å². The molecule has 0 bridgehead atoms. The van der Waals surface area contributed by atoms with Crippen LogP contribution in [-0.4, -0.2) is 29.3 Å². The maximum absolute atomic E-state index is 12.7. The lowest BCUT2D eigenvalue weighted by molar-refractivity contribution is 0.0969. The molecule has 2 rings (SSSR count). The summed E-state index contributed by atoms with van der Waals surface area (Å²) < 4.78 is 12.7. The second-order valence-corrected chi connectivity index (χ2v) is 4.11. The Bertz CT molecular complexity index is 328. The highest BCUT2D eigenvalue weighted by atomic mass is 19.1. The van der Waals surface area contributed by atoms with Gasteiger partial charge in [0.05, 0.1) is 12.3 Å². The molecule has 1 aromatic rings. The fourth-order valence-electron chi connectivity index (χ4n) is 1.90. The number of piperidine rings is 1. The summed E-state index contributed by atoms with van der Waals surface area (Å²) in [5.74, 6) is 0.713. The number of nitrogens with zero attached hydrogens (tertiary/aromatic N) is 2. The Balaban J connectivity index is 2.08. The summed E-state index contributed by atoms with van der Waals surface area (Å²) in [6, 6.07) is 3.10. The van der Waals surface area contributed by atoms with Crippen molar-refractivity contribution in [3.05, 3.63) is 24.1 Å². The molecule has 0 aromatic carbocycles. The summed E-state index contributed by atoms with van der Waals surface area (Å²) >= 11 is 0. The predicted octanol–water partition coefficient (Wildman–Crippen LogP) is 1.43. The number of aliphatic hydroxyl groups is 1. The second kappa shape index (κ2) is 4.14. The van der Waals surface area contributed by atoms with Crippen LogP contribution in [0.25, 0.3) is 0 Å². The van der Waals surface area contributed by atoms with E-state index in [1.807, 2.05) is 6.92 Å². The zero-order chi connectivity index (χ0) is 10.8. The first-order valence-electron chi connectivity index (χ1n) is 5.21. The van der Waals surface area contributed by atoms with Gasteiger partial charge in [-0.1, -0.05) is 6.92 Å². The number of hydrogen-bond donors (Lipinski definition) is 1. The molecule has 0 radical (unpaired) electrons. The summed E-state index contributed by atoms with van der Waals surface area (Å²) in [7, 11) is 0. The third-order valence-corrected chi connectivity index (χ3v) is 2.90. The molecule has 1 aromatic heterocycles. The van der Waals surface area contributed by atoms with E-state index < -0.39 is 0 Å². The fraction of sp³-hybridized carbons (Fsp3) is 0.545. The normalized spacial score (nSPS) is 26.7. The van der Waals surface area contributed by atoms with E-state index >= 15 is 0 Å². The minimum Gasteiger partial charge on any atom is -0.393 e. The summed E-state index contributed by atoms with van der Waals surface area (Å²) in [5, 5.41) is 9.58. The van der Waals surface area contributed by atoms with Crippen molar-refractivity contribution in [3.63, 3.8) is 0 Å². The Morgan fingerprint density at radius 1 is 1.53 bits per heavy atom. The number of aromatic nitrogens is 1. The Labute approximate surface area is 88.6 Å². The topological polar surface area (TPSA) is 36.4 Å². The van der Waals surface area contributed by atoms with E-state index in [4.69, 9.17) is 0 Å². The van der Waals surface area contributed by atoms with Crippen molar-refractivity contribution < 1.29 is 9.50 Å². The lowest BCUT2D eigenvalue weighted by atomic mass is 9.97. The quantitative estimate of drug-likeness (QED) is 0.761. The van der Waals surface area contributed by atoms with Gasteiger partial charge in [0.1, 0.15) is 11.6 Å². The molecule has 2 unspecified atom stereocenters. The Morgan fingerprint density at radius 2 is 2.33 bits per heavy atom. The molecule has 1 aliphatic heterocycles. The fourth-order valence-corrected chi connectivity index (χ4v) is 1.90. The van der Waals surface area contributed by atoms with Gasteiger partial charge in [-0.25, -0.2) is 9.37 Å². The van der Waals surface area contributed by atoms with Gasteiger partial charge in [0, 0.05) is 13.1 Å². The summed E-state index contributed by atoms with van der Waals surface area (Å²) in [6.45, 7) is 3.57. The Morgan fingerprint density at radius 3 is 2.93 bits per heavy atom. The van der Waals surface area contributed by atoms with E-state index in [1.54, 1.807) is 6.07 Å². The third-order valence-electron chi connectivity index (χ3n) is 2.90. The summed E-state index contributed by atoms with van der Waals surface area (Å²) in [6.07, 6.45) is 1.76. The Kier molecular flexibility index (Phi) is 2.86. The molecule has 0 saturated carbocycles. The van der Waals surface area contributed by atoms with Gasteiger partial charge in [-0.05, 0) is 24.5 Å². The van der Waals surface area contributed by atoms with Gasteiger partial charge in [-0.15, -0.1) is 0 Å². The zero-order valence-corrected chi connectivity index (χ0v) is 8.73. The molecule has 0 spiro atoms. The summed E-state index contributed by atoms with van der Waals surface area (Å²) in [5.41, 5.74) is 0. The van der Waals surface area contributed by atoms with Gasteiger partial charge in [-0.2, -0.15) is 0 Å². The van der Waals surface area contributed by atoms with Crippen LogP contribution in [0.15, 0.2) is 18.3 Å². The number of hydrogen-bond acceptors (Lipinski definition) is 3. The molecule has 1 N–H and O–H groups in total. The molecule has 2 atom stereocenters. The van der Waals surface area contributed by atoms with Crippen LogP contribution in [0.5, 0.6) is 0 Å². The first kappa shape index (κ1) is 10.4. The summed E-state index contributed by atoms with van der Waals surface area (Å²) in [4.78, 5) is 6.11. The molecule has 3 nitrogen and oxygen atoms in total. The lowest BCUT2D eigenvalue weighted by Crippen LogP contribution is -2.42. The first-order valence-corrected chi connectivity index (χ1v) is 5.21. The van der Waals surface area contributed by atoms with Gasteiger partial charge < -0.3 is 10.0 Å². The molecular formula is C11H15FN2O. The van der Waals surface area contributed by atoms with Crippen LogP contribution in [0.1, 0.15) is 13.3 Å². The molecule has 4 heteroatoms. The van der Waals surface area contributed by atoms with Crippen LogP contribution >= 0.6 is 0 Å². The van der Waals surface area contributed by atoms with Crippen molar-refractivity contribution in [2.75, 3.05) is 18.0 Å². The van der Waals surface area contributed by atoms with Crippen molar-refractivity contribution in [2.24, 2.45) is 5.92 Å². The van der Waals surface area contributed by atoms with E-state index in [0.717, 1.165) is 25.3 Å². The number of halogens is 1. The van der Waals surface area contributed by atoms with E-state index in [-0.39, 0.29) is 17.8 Å². The molecule has 15 heavy (non-hydrogen) atoms. The van der Waals surface area contributed by atoms with Crippen molar-refractivity contribution >= 4 is 5.82 Å². The highest BCUT2D eigenvalue weighted by Crippen LogP contribution is 2.21. The number of rotatable bonds is 1. The van der Waals surface area contributed by atoms with Crippen LogP contribution in [0.2, 0.25) is 0 Å². The minimum atomic E-state index is -0.316. The van der Waals surface area contributed by atoms with Gasteiger partial charge in [-0.3, -0.25) is 0 Å². The monoisotopic (exact) mass is 210 g/mol. The minimum absolute atomic E-state index is 0.221. The highest BCUT2D eigenvalue weighted by molar-refractivity contribution is 5.38. The smallest absolute Gasteiger partial charge is 0.141 e. The molecule has 0 amide bonds. The molecule has 1 aliphatic rings. The van der Waals surface area contributed by atoms with Crippen LogP contribution in [0.4, 0.5) is 10.2 Å². The van der Waals surface area contributed by atoms with E-state index in [9.17, 15) is 9.50 Å². The number of pyridine rings is 1. The van der Waals surface area contributed by atoms with Gasteiger partial charge >= 0.3 is 0 Å². The average molecular weight is 210 g/mol. The molecule has 2 heterocycles. The number of anilines is 1. The maximum Gasteiger partial charge on any atom is 0.141 e. The molecule has 1 fully saturated rings. The standard InChI is InChI=1S/C11H15FN2O/c1-8-7-14(5-4-10(8)15)11-3-2-9(12)6-13-11/h2-3,6,8,10,15H,4-5,7H2,1H3. The van der Waals surface area contributed by atoms with Crippen molar-refractivity contribution in [2.45, 2.75) is 19.4 Å². The second-order valence-electron chi connectivity index (χ2n) is 4.11. The van der Waals surface area contributed by atoms with Crippen molar-refractivity contribution in [1.82, 2.24) is 4.98 Å². The molecule has 1 saturated heterocycles. The first-order chi connectivity index (χ1) is 7.16. The SMILES string of the molecule is CC1CN(c2ccc(F)cn2)CCC1O. The Hall–Kier alpha value is -1.16. The van der Waals surface area contributed by atoms with E-state index in [0.29, 0.717) is 0 Å². The van der Waals surface area contributed by atoms with Crippen LogP contribution in [0.3, 0.4) is 0 Å². The van der Waals surface area contributed by atoms with Gasteiger partial charge in [0.25, 0.3) is 0 Å². The van der Waals surface area contributed by atoms with Crippen LogP contribution in [0, 0.1) is 11.7 Å². The molecule has 82 valence electrons. The van der Waals surface area contributed by atoms with Gasteiger partial charge in [0.2, 0.25) is 0 Å². The van der Waals surface area contributed by atoms with Crippen LogP contribution < -0.4 is 4.90 Å². The third kappa shape index (κ3) is 2.26. The average Bonchev–Trinajstić information content (AvgIpc) is 2.23. The van der Waals surface area contributed by atoms with Crippen LogP contribution in [-0.2, 0) is 0 Å². The van der Waals surface area contributed by atoms with E-state index in [1.165, 1.54) is 12.3 Å². The predicted molar refractivity (Wildman–Crippen MR) is 56.2 cm³/mol. The number of aliphatic hydroxyl groups excluding tert-OH is 1. The highest BCUT2D eigenvalue weighted by Gasteiger charge is 2.24. The lowest BCUT2D eigenvalue weighted by Gasteiger charge is -2.35. The van der Waals surface area contributed by atoms with Crippen molar-refractivity contribution in [1.29, 1.82) is 0 Å². The molecule has 0 aliphatic carbocycles. The largest absolute Gasteiger partial charge is 0.393 e. The zero-order valence-electron chi connectivity index (χ0n) is 8.73. The van der Waals surface area contributed by atoms with Gasteiger partial charge in [0.15, 0.2) is 0 Å². The molecular weight excluding hydrogens is 195 g/mol.